The molecule has 0 bridgehead atoms. The number of carbonyl (C=O) groups is 3. The van der Waals surface area contributed by atoms with Crippen molar-refractivity contribution in [3.8, 4) is 5.75 Å². The summed E-state index contributed by atoms with van der Waals surface area (Å²) in [6, 6.07) is 14.8. The summed E-state index contributed by atoms with van der Waals surface area (Å²) < 4.78 is 12.8. The van der Waals surface area contributed by atoms with Gasteiger partial charge in [-0.05, 0) is 55.9 Å². The molecule has 4 rings (SSSR count). The molecule has 3 amide bonds. The summed E-state index contributed by atoms with van der Waals surface area (Å²) in [6.45, 7) is 6.63. The van der Waals surface area contributed by atoms with E-state index in [2.05, 4.69) is 11.9 Å². The number of likely N-dealkylation sites (tertiary alicyclic amines) is 1. The van der Waals surface area contributed by atoms with Gasteiger partial charge in [0.2, 0.25) is 17.7 Å². The van der Waals surface area contributed by atoms with Gasteiger partial charge in [0.1, 0.15) is 17.8 Å². The summed E-state index contributed by atoms with van der Waals surface area (Å²) in [4.78, 5) is 48.0. The van der Waals surface area contributed by atoms with E-state index in [4.69, 9.17) is 20.9 Å². The van der Waals surface area contributed by atoms with Crippen LogP contribution in [0.25, 0.3) is 0 Å². The number of ether oxygens (including phenoxy) is 2. The number of aromatic nitrogens is 2. The van der Waals surface area contributed by atoms with Crippen molar-refractivity contribution >= 4 is 23.5 Å². The lowest BCUT2D eigenvalue weighted by atomic mass is 9.97. The van der Waals surface area contributed by atoms with E-state index in [-0.39, 0.29) is 24.9 Å². The molecule has 0 aliphatic carbocycles. The van der Waals surface area contributed by atoms with Gasteiger partial charge in [-0.25, -0.2) is 4.98 Å². The average Bonchev–Trinajstić information content (AvgIpc) is 3.46. The van der Waals surface area contributed by atoms with Gasteiger partial charge >= 0.3 is 0 Å². The predicted octanol–water partition coefficient (Wildman–Crippen LogP) is 2.88. The maximum atomic E-state index is 14.0. The summed E-state index contributed by atoms with van der Waals surface area (Å²) in [6.07, 6.45) is 4.91. The van der Waals surface area contributed by atoms with Gasteiger partial charge in [0, 0.05) is 19.3 Å². The van der Waals surface area contributed by atoms with Crippen LogP contribution in [-0.4, -0.2) is 70.6 Å². The number of hydrogen-bond donors (Lipinski definition) is 2. The fourth-order valence-corrected chi connectivity index (χ4v) is 5.08. The Kier molecular flexibility index (Phi) is 10.2. The van der Waals surface area contributed by atoms with Gasteiger partial charge in [0.25, 0.3) is 0 Å². The van der Waals surface area contributed by atoms with Gasteiger partial charge in [-0.1, -0.05) is 49.4 Å². The standard InChI is InChI=1S/C32H42N6O5/c1-22-14-16-36(17-15-22)30(40)28(24-10-12-25(42-4)13-11-24)37-18-27(35-21-37)38(31(41)32(2,3)34)26(29(33)39)20-43-19-23-8-6-5-7-9-23/h5-13,18,21-22,26,28H,14-17,19-20,34H2,1-4H3,(H2,33,39)/t26-,28-/m1/s1. The Morgan fingerprint density at radius 3 is 2.30 bits per heavy atom. The second-order valence-electron chi connectivity index (χ2n) is 11.7. The average molecular weight is 591 g/mol. The molecule has 3 aromatic rings. The molecule has 0 spiro atoms. The van der Waals surface area contributed by atoms with E-state index >= 15 is 0 Å². The molecular formula is C32H42N6O5. The third-order valence-corrected chi connectivity index (χ3v) is 7.69. The first kappa shape index (κ1) is 31.7. The Labute approximate surface area is 252 Å². The van der Waals surface area contributed by atoms with Crippen molar-refractivity contribution in [2.75, 3.05) is 31.7 Å². The molecule has 1 aliphatic heterocycles. The molecule has 1 aliphatic rings. The van der Waals surface area contributed by atoms with E-state index < -0.39 is 29.4 Å². The zero-order valence-corrected chi connectivity index (χ0v) is 25.3. The minimum Gasteiger partial charge on any atom is -0.497 e. The summed E-state index contributed by atoms with van der Waals surface area (Å²) >= 11 is 0. The second kappa shape index (κ2) is 13.8. The summed E-state index contributed by atoms with van der Waals surface area (Å²) in [5, 5.41) is 0. The number of methoxy groups -OCH3 is 1. The number of primary amides is 1. The highest BCUT2D eigenvalue weighted by Crippen LogP contribution is 2.29. The Balaban J connectivity index is 1.69. The zero-order chi connectivity index (χ0) is 31.1. The van der Waals surface area contributed by atoms with Gasteiger partial charge in [-0.15, -0.1) is 0 Å². The van der Waals surface area contributed by atoms with Crippen molar-refractivity contribution < 1.29 is 23.9 Å². The van der Waals surface area contributed by atoms with Crippen LogP contribution in [-0.2, 0) is 25.7 Å². The number of nitrogens with two attached hydrogens (primary N) is 2. The van der Waals surface area contributed by atoms with E-state index in [9.17, 15) is 14.4 Å². The molecular weight excluding hydrogens is 548 g/mol. The second-order valence-corrected chi connectivity index (χ2v) is 11.7. The molecule has 0 radical (unpaired) electrons. The molecule has 230 valence electrons. The number of hydrogen-bond acceptors (Lipinski definition) is 7. The van der Waals surface area contributed by atoms with Crippen LogP contribution in [0.3, 0.4) is 0 Å². The fraction of sp³-hybridized carbons (Fsp3) is 0.438. The first-order valence-corrected chi connectivity index (χ1v) is 14.5. The Morgan fingerprint density at radius 2 is 1.72 bits per heavy atom. The van der Waals surface area contributed by atoms with E-state index in [1.165, 1.54) is 11.2 Å². The number of amides is 3. The van der Waals surface area contributed by atoms with Crippen LogP contribution in [0, 0.1) is 5.92 Å². The highest BCUT2D eigenvalue weighted by Gasteiger charge is 2.39. The van der Waals surface area contributed by atoms with Crippen molar-refractivity contribution in [2.45, 2.75) is 57.8 Å². The minimum atomic E-state index is -1.35. The predicted molar refractivity (Wildman–Crippen MR) is 163 cm³/mol. The number of imidazole rings is 1. The van der Waals surface area contributed by atoms with Gasteiger partial charge in [0.15, 0.2) is 5.82 Å². The number of rotatable bonds is 12. The van der Waals surface area contributed by atoms with Crippen LogP contribution in [0.4, 0.5) is 5.82 Å². The van der Waals surface area contributed by atoms with E-state index in [1.54, 1.807) is 43.9 Å². The summed E-state index contributed by atoms with van der Waals surface area (Å²) in [5.74, 6) is -0.0790. The smallest absolute Gasteiger partial charge is 0.250 e. The van der Waals surface area contributed by atoms with Crippen LogP contribution in [0.1, 0.15) is 50.8 Å². The first-order chi connectivity index (χ1) is 20.5. The monoisotopic (exact) mass is 590 g/mol. The maximum absolute atomic E-state index is 14.0. The normalized spacial score (nSPS) is 15.5. The Bertz CT molecular complexity index is 1380. The SMILES string of the molecule is COc1ccc([C@H](C(=O)N2CCC(C)CC2)n2cnc(N(C(=O)C(C)(C)N)[C@H](COCc3ccccc3)C(N)=O)c2)cc1. The molecule has 2 heterocycles. The number of carbonyl (C=O) groups excluding carboxylic acids is 3. The van der Waals surface area contributed by atoms with Crippen LogP contribution in [0.15, 0.2) is 67.1 Å². The number of nitrogens with zero attached hydrogens (tertiary/aromatic N) is 4. The third-order valence-electron chi connectivity index (χ3n) is 7.69. The number of anilines is 1. The van der Waals surface area contributed by atoms with Crippen LogP contribution < -0.4 is 21.1 Å². The van der Waals surface area contributed by atoms with Gasteiger partial charge < -0.3 is 30.4 Å². The fourth-order valence-electron chi connectivity index (χ4n) is 5.08. The lowest BCUT2D eigenvalue weighted by molar-refractivity contribution is -0.135. The largest absolute Gasteiger partial charge is 0.497 e. The topological polar surface area (TPSA) is 146 Å². The van der Waals surface area contributed by atoms with Crippen LogP contribution >= 0.6 is 0 Å². The molecule has 1 aromatic heterocycles. The minimum absolute atomic E-state index is 0.0873. The van der Waals surface area contributed by atoms with E-state index in [0.717, 1.165) is 24.0 Å². The maximum Gasteiger partial charge on any atom is 0.250 e. The van der Waals surface area contributed by atoms with Crippen molar-refractivity contribution in [3.05, 3.63) is 78.2 Å². The van der Waals surface area contributed by atoms with Crippen molar-refractivity contribution in [1.82, 2.24) is 14.5 Å². The van der Waals surface area contributed by atoms with Crippen molar-refractivity contribution in [3.63, 3.8) is 0 Å². The summed E-state index contributed by atoms with van der Waals surface area (Å²) in [7, 11) is 1.58. The Hall–Kier alpha value is -4.22. The molecule has 11 heteroatoms. The molecule has 43 heavy (non-hydrogen) atoms. The van der Waals surface area contributed by atoms with Crippen molar-refractivity contribution in [1.29, 1.82) is 0 Å². The molecule has 4 N–H and O–H groups in total. The van der Waals surface area contributed by atoms with Crippen LogP contribution in [0.2, 0.25) is 0 Å². The molecule has 1 saturated heterocycles. The highest BCUT2D eigenvalue weighted by atomic mass is 16.5. The van der Waals surface area contributed by atoms with Crippen LogP contribution in [0.5, 0.6) is 5.75 Å². The molecule has 2 aromatic carbocycles. The van der Waals surface area contributed by atoms with E-state index in [0.29, 0.717) is 24.8 Å². The third kappa shape index (κ3) is 7.79. The number of piperidine rings is 1. The molecule has 1 fully saturated rings. The summed E-state index contributed by atoms with van der Waals surface area (Å²) in [5.41, 5.74) is 12.3. The van der Waals surface area contributed by atoms with E-state index in [1.807, 2.05) is 47.4 Å². The van der Waals surface area contributed by atoms with Gasteiger partial charge in [-0.2, -0.15) is 0 Å². The van der Waals surface area contributed by atoms with Crippen molar-refractivity contribution in [2.24, 2.45) is 17.4 Å². The quantitative estimate of drug-likeness (QED) is 0.330. The van der Waals surface area contributed by atoms with Gasteiger partial charge in [-0.3, -0.25) is 19.3 Å². The molecule has 0 unspecified atom stereocenters. The first-order valence-electron chi connectivity index (χ1n) is 14.5. The van der Waals surface area contributed by atoms with Gasteiger partial charge in [0.05, 0.1) is 32.2 Å². The molecule has 2 atom stereocenters. The lowest BCUT2D eigenvalue weighted by Crippen LogP contribution is -2.59. The molecule has 11 nitrogen and oxygen atoms in total. The highest BCUT2D eigenvalue weighted by molar-refractivity contribution is 6.04. The zero-order valence-electron chi connectivity index (χ0n) is 25.3. The lowest BCUT2D eigenvalue weighted by Gasteiger charge is -2.34. The molecule has 0 saturated carbocycles. The number of benzene rings is 2. The Morgan fingerprint density at radius 1 is 1.07 bits per heavy atom.